The van der Waals surface area contributed by atoms with E-state index in [0.717, 1.165) is 6.08 Å². The van der Waals surface area contributed by atoms with Crippen molar-refractivity contribution >= 4 is 11.9 Å². The van der Waals surface area contributed by atoms with Gasteiger partial charge in [0.1, 0.15) is 13.2 Å². The summed E-state index contributed by atoms with van der Waals surface area (Å²) in [4.78, 5) is 21.6. The predicted octanol–water partition coefficient (Wildman–Crippen LogP) is -3.08. The fourth-order valence-corrected chi connectivity index (χ4v) is 0.607. The number of carbonyl (C=O) groups excluding carboxylic acids is 2. The van der Waals surface area contributed by atoms with Crippen molar-refractivity contribution < 1.29 is 75.6 Å². The first-order valence-corrected chi connectivity index (χ1v) is 4.28. The van der Waals surface area contributed by atoms with E-state index in [9.17, 15) is 14.7 Å². The Morgan fingerprint density at radius 2 is 1.75 bits per heavy atom. The molecule has 0 aromatic heterocycles. The number of esters is 2. The average molecular weight is 252 g/mol. The Hall–Kier alpha value is -0.144. The molecule has 0 saturated carbocycles. The molecule has 0 fully saturated rings. The third kappa shape index (κ3) is 10.4. The van der Waals surface area contributed by atoms with Gasteiger partial charge in [0.25, 0.3) is 0 Å². The van der Waals surface area contributed by atoms with Crippen LogP contribution in [0.1, 0.15) is 13.8 Å². The van der Waals surface area contributed by atoms with Gasteiger partial charge in [-0.25, -0.2) is 9.59 Å². The first-order chi connectivity index (χ1) is 6.93. The van der Waals surface area contributed by atoms with Crippen LogP contribution in [0.4, 0.5) is 0 Å². The molecule has 0 aliphatic carbocycles. The maximum atomic E-state index is 10.8. The van der Waals surface area contributed by atoms with Crippen LogP contribution in [0, 0.1) is 0 Å². The van der Waals surface area contributed by atoms with E-state index < -0.39 is 11.9 Å². The van der Waals surface area contributed by atoms with Gasteiger partial charge in [-0.2, -0.15) is 0 Å². The number of rotatable bonds is 5. The molecule has 0 spiro atoms. The van der Waals surface area contributed by atoms with Crippen LogP contribution < -0.4 is 56.5 Å². The Morgan fingerprint density at radius 1 is 1.25 bits per heavy atom. The fourth-order valence-electron chi connectivity index (χ4n) is 0.607. The van der Waals surface area contributed by atoms with Crippen LogP contribution in [0.15, 0.2) is 24.0 Å². The van der Waals surface area contributed by atoms with Crippen LogP contribution in [0.3, 0.4) is 0 Å². The molecule has 0 atom stereocenters. The van der Waals surface area contributed by atoms with E-state index in [0.29, 0.717) is 0 Å². The summed E-state index contributed by atoms with van der Waals surface area (Å²) < 4.78 is 9.21. The largest absolute Gasteiger partial charge is 1.00 e. The summed E-state index contributed by atoms with van der Waals surface area (Å²) in [5, 5.41) is 10.4. The van der Waals surface area contributed by atoms with Gasteiger partial charge >= 0.3 is 63.3 Å². The Labute approximate surface area is 137 Å². The minimum Gasteiger partial charge on any atom is -0.875 e. The minimum absolute atomic E-state index is 0. The summed E-state index contributed by atoms with van der Waals surface area (Å²) >= 11 is 0. The van der Waals surface area contributed by atoms with Crippen LogP contribution in [-0.2, 0) is 19.1 Å². The van der Waals surface area contributed by atoms with Gasteiger partial charge in [-0.3, -0.25) is 0 Å². The van der Waals surface area contributed by atoms with E-state index in [2.05, 4.69) is 16.1 Å². The molecule has 0 radical (unpaired) electrons. The van der Waals surface area contributed by atoms with E-state index in [-0.39, 0.29) is 75.9 Å². The molecule has 0 heterocycles. The molecule has 0 aromatic rings. The van der Waals surface area contributed by atoms with Gasteiger partial charge in [0.2, 0.25) is 0 Å². The Morgan fingerprint density at radius 3 is 2.19 bits per heavy atom. The van der Waals surface area contributed by atoms with Gasteiger partial charge in [0.15, 0.2) is 0 Å². The van der Waals surface area contributed by atoms with Gasteiger partial charge < -0.3 is 14.6 Å². The maximum Gasteiger partial charge on any atom is 1.00 e. The summed E-state index contributed by atoms with van der Waals surface area (Å²) in [7, 11) is 0. The second kappa shape index (κ2) is 10.0. The molecule has 0 bridgehead atoms. The standard InChI is InChI=1S/C10H14O5.K/c1-7(2)10(13)15-5-4-14-9(12)6-8(3)11;/h6,11H,1,4-5H2,2-3H3;/q;+1/p-1. The molecule has 0 rings (SSSR count). The number of hydrogen-bond acceptors (Lipinski definition) is 5. The van der Waals surface area contributed by atoms with Gasteiger partial charge in [0, 0.05) is 11.6 Å². The van der Waals surface area contributed by atoms with E-state index in [1.165, 1.54) is 13.8 Å². The summed E-state index contributed by atoms with van der Waals surface area (Å²) in [6.45, 7) is 5.99. The van der Waals surface area contributed by atoms with Crippen LogP contribution in [-0.4, -0.2) is 25.2 Å². The molecule has 0 aromatic carbocycles. The van der Waals surface area contributed by atoms with Crippen molar-refractivity contribution in [3.63, 3.8) is 0 Å². The Bertz CT molecular complexity index is 292. The first-order valence-electron chi connectivity index (χ1n) is 4.28. The number of ether oxygens (including phenoxy) is 2. The van der Waals surface area contributed by atoms with Crippen molar-refractivity contribution in [1.29, 1.82) is 0 Å². The number of carbonyl (C=O) groups is 2. The fraction of sp³-hybridized carbons (Fsp3) is 0.400. The molecular weight excluding hydrogens is 239 g/mol. The average Bonchev–Trinajstić information content (AvgIpc) is 2.10. The molecule has 0 unspecified atom stereocenters. The molecule has 0 aliphatic rings. The van der Waals surface area contributed by atoms with Gasteiger partial charge in [-0.15, -0.1) is 5.76 Å². The first kappa shape index (κ1) is 18.2. The maximum absolute atomic E-state index is 10.8. The second-order valence-electron chi connectivity index (χ2n) is 2.84. The quantitative estimate of drug-likeness (QED) is 0.170. The van der Waals surface area contributed by atoms with Crippen molar-refractivity contribution in [2.75, 3.05) is 13.2 Å². The summed E-state index contributed by atoms with van der Waals surface area (Å²) in [5.74, 6) is -1.67. The molecule has 0 saturated heterocycles. The molecule has 0 N–H and O–H groups in total. The molecule has 84 valence electrons. The zero-order valence-electron chi connectivity index (χ0n) is 9.74. The molecule has 0 amide bonds. The van der Waals surface area contributed by atoms with Crippen LogP contribution >= 0.6 is 0 Å². The van der Waals surface area contributed by atoms with Crippen molar-refractivity contribution in [3.8, 4) is 0 Å². The van der Waals surface area contributed by atoms with Gasteiger partial charge in [-0.1, -0.05) is 13.5 Å². The van der Waals surface area contributed by atoms with Crippen LogP contribution in [0.2, 0.25) is 0 Å². The van der Waals surface area contributed by atoms with Gasteiger partial charge in [-0.05, 0) is 6.92 Å². The van der Waals surface area contributed by atoms with E-state index in [4.69, 9.17) is 0 Å². The Kier molecular flexibility index (Phi) is 11.4. The third-order valence-electron chi connectivity index (χ3n) is 1.23. The smallest absolute Gasteiger partial charge is 0.875 e. The zero-order valence-corrected chi connectivity index (χ0v) is 12.9. The monoisotopic (exact) mass is 252 g/mol. The summed E-state index contributed by atoms with van der Waals surface area (Å²) in [6.07, 6.45) is 0.820. The SMILES string of the molecule is C=C(C)C(=O)OCCOC(=O)C=C(C)[O-].[K+]. The normalized spacial score (nSPS) is 10.0. The summed E-state index contributed by atoms with van der Waals surface area (Å²) in [5.41, 5.74) is 0.275. The van der Waals surface area contributed by atoms with Crippen LogP contribution in [0.5, 0.6) is 0 Å². The van der Waals surface area contributed by atoms with Crippen molar-refractivity contribution in [2.45, 2.75) is 13.8 Å². The van der Waals surface area contributed by atoms with E-state index in [1.54, 1.807) is 0 Å². The molecule has 0 aliphatic heterocycles. The van der Waals surface area contributed by atoms with Crippen molar-refractivity contribution in [3.05, 3.63) is 24.0 Å². The molecule has 16 heavy (non-hydrogen) atoms. The van der Waals surface area contributed by atoms with E-state index >= 15 is 0 Å². The van der Waals surface area contributed by atoms with Crippen LogP contribution in [0.25, 0.3) is 0 Å². The molecule has 5 nitrogen and oxygen atoms in total. The van der Waals surface area contributed by atoms with Crippen molar-refractivity contribution in [1.82, 2.24) is 0 Å². The van der Waals surface area contributed by atoms with E-state index in [1.807, 2.05) is 0 Å². The third-order valence-corrected chi connectivity index (χ3v) is 1.23. The molecular formula is C10H13KO5. The number of allylic oxidation sites excluding steroid dienone is 1. The summed E-state index contributed by atoms with van der Waals surface area (Å²) in [6, 6.07) is 0. The molecule has 6 heteroatoms. The second-order valence-corrected chi connectivity index (χ2v) is 2.84. The topological polar surface area (TPSA) is 75.7 Å². The minimum atomic E-state index is -0.742. The van der Waals surface area contributed by atoms with Crippen molar-refractivity contribution in [2.24, 2.45) is 0 Å². The predicted molar refractivity (Wildman–Crippen MR) is 50.5 cm³/mol. The van der Waals surface area contributed by atoms with Gasteiger partial charge in [0.05, 0.1) is 0 Å². The number of hydrogen-bond donors (Lipinski definition) is 0. The zero-order chi connectivity index (χ0) is 11.8. The Balaban J connectivity index is 0.